The van der Waals surface area contributed by atoms with E-state index in [1.54, 1.807) is 6.08 Å². The lowest BCUT2D eigenvalue weighted by atomic mass is 9.97. The number of carbonyl (C=O) groups excluding carboxylic acids is 1. The van der Waals surface area contributed by atoms with E-state index >= 15 is 0 Å². The number of hydrogen-bond acceptors (Lipinski definition) is 13. The van der Waals surface area contributed by atoms with Crippen LogP contribution in [0.15, 0.2) is 36.5 Å². The van der Waals surface area contributed by atoms with Gasteiger partial charge in [0.2, 0.25) is 5.91 Å². The van der Waals surface area contributed by atoms with Crippen LogP contribution < -0.4 is 5.32 Å². The van der Waals surface area contributed by atoms with Crippen LogP contribution in [0.5, 0.6) is 0 Å². The van der Waals surface area contributed by atoms with Crippen molar-refractivity contribution in [3.63, 3.8) is 0 Å². The summed E-state index contributed by atoms with van der Waals surface area (Å²) in [6, 6.07) is -0.938. The first-order valence-electron chi connectivity index (χ1n) is 38.2. The van der Waals surface area contributed by atoms with Gasteiger partial charge in [-0.1, -0.05) is 333 Å². The highest BCUT2D eigenvalue weighted by Gasteiger charge is 2.51. The van der Waals surface area contributed by atoms with Crippen LogP contribution in [0.4, 0.5) is 0 Å². The third-order valence-corrected chi connectivity index (χ3v) is 18.8. The minimum absolute atomic E-state index is 0.246. The van der Waals surface area contributed by atoms with Gasteiger partial charge in [0.25, 0.3) is 0 Å². The van der Waals surface area contributed by atoms with Gasteiger partial charge in [-0.05, 0) is 44.9 Å². The third-order valence-electron chi connectivity index (χ3n) is 18.8. The highest BCUT2D eigenvalue weighted by Crippen LogP contribution is 2.30. The summed E-state index contributed by atoms with van der Waals surface area (Å²) in [7, 11) is 0. The van der Waals surface area contributed by atoms with Gasteiger partial charge in [0.15, 0.2) is 12.6 Å². The molecule has 9 N–H and O–H groups in total. The smallest absolute Gasteiger partial charge is 0.220 e. The highest BCUT2D eigenvalue weighted by atomic mass is 16.7. The van der Waals surface area contributed by atoms with Crippen molar-refractivity contribution in [1.29, 1.82) is 0 Å². The molecule has 12 atom stereocenters. The maximum atomic E-state index is 13.3. The summed E-state index contributed by atoms with van der Waals surface area (Å²) >= 11 is 0. The van der Waals surface area contributed by atoms with Gasteiger partial charge in [0, 0.05) is 6.42 Å². The van der Waals surface area contributed by atoms with Crippen molar-refractivity contribution < 1.29 is 64.6 Å². The van der Waals surface area contributed by atoms with Crippen LogP contribution in [0.2, 0.25) is 0 Å². The van der Waals surface area contributed by atoms with E-state index in [4.69, 9.17) is 18.9 Å². The van der Waals surface area contributed by atoms with E-state index in [0.29, 0.717) is 12.8 Å². The van der Waals surface area contributed by atoms with Crippen LogP contribution in [0, 0.1) is 0 Å². The zero-order chi connectivity index (χ0) is 65.2. The molecule has 2 rings (SSSR count). The number of rotatable bonds is 64. The number of amides is 1. The first-order chi connectivity index (χ1) is 44.1. The SMILES string of the molecule is CCCCCCCCCCCCCCCCCCCCCCC/C=C/CC/C=C/CC/C=C/C(O)C(COC1OC(CO)C(OC2OC(CO)C(O)C(O)C2O)C(O)C1O)NC(=O)CCCCCCCCCCCCCCCCCCCCCCCCCCC. The second-order valence-corrected chi connectivity index (χ2v) is 27.1. The summed E-state index contributed by atoms with van der Waals surface area (Å²) in [6.45, 7) is 2.84. The molecule has 2 saturated heterocycles. The van der Waals surface area contributed by atoms with Crippen molar-refractivity contribution >= 4 is 5.91 Å². The van der Waals surface area contributed by atoms with Crippen LogP contribution >= 0.6 is 0 Å². The molecule has 0 radical (unpaired) electrons. The Hall–Kier alpha value is -1.79. The molecule has 0 aromatic heterocycles. The average molecular weight is 1280 g/mol. The van der Waals surface area contributed by atoms with Gasteiger partial charge in [-0.3, -0.25) is 4.79 Å². The van der Waals surface area contributed by atoms with Crippen molar-refractivity contribution in [3.8, 4) is 0 Å². The van der Waals surface area contributed by atoms with Gasteiger partial charge >= 0.3 is 0 Å². The fraction of sp³-hybridized carbons (Fsp3) is 0.908. The number of aliphatic hydroxyl groups is 8. The monoisotopic (exact) mass is 1280 g/mol. The summed E-state index contributed by atoms with van der Waals surface area (Å²) < 4.78 is 22.9. The van der Waals surface area contributed by atoms with Crippen molar-refractivity contribution in [2.75, 3.05) is 19.8 Å². The molecule has 0 aliphatic carbocycles. The fourth-order valence-corrected chi connectivity index (χ4v) is 12.7. The van der Waals surface area contributed by atoms with Crippen molar-refractivity contribution in [2.45, 2.75) is 421 Å². The third kappa shape index (κ3) is 44.0. The standard InChI is InChI=1S/C76H143NO13/c1-3-5-7-9-11-13-15-17-19-21-23-25-27-29-30-31-32-33-34-36-37-39-41-43-45-47-49-51-53-55-57-59-65(80)64(63-87-75-73(86)71(84)74(67(62-79)89-75)90-76-72(85)70(83)69(82)66(61-78)88-76)77-68(81)60-58-56-54-52-50-48-46-44-42-40-38-35-28-26-24-22-20-18-16-14-12-10-8-6-4-2/h41,43,49,51,57,59,64-67,69-76,78-80,82-86H,3-40,42,44-48,50,52-56,58,60-63H2,1-2H3,(H,77,81)/b43-41+,51-49+,59-57+. The predicted molar refractivity (Wildman–Crippen MR) is 369 cm³/mol. The van der Waals surface area contributed by atoms with Gasteiger partial charge in [0.05, 0.1) is 32.0 Å². The van der Waals surface area contributed by atoms with Crippen LogP contribution in [-0.4, -0.2) is 140 Å². The molecule has 0 bridgehead atoms. The molecule has 12 unspecified atom stereocenters. The lowest BCUT2D eigenvalue weighted by molar-refractivity contribution is -0.359. The Morgan fingerprint density at radius 3 is 1.09 bits per heavy atom. The van der Waals surface area contributed by atoms with Crippen LogP contribution in [0.3, 0.4) is 0 Å². The Morgan fingerprint density at radius 1 is 0.389 bits per heavy atom. The van der Waals surface area contributed by atoms with Gasteiger partial charge in [-0.2, -0.15) is 0 Å². The van der Waals surface area contributed by atoms with E-state index in [2.05, 4.69) is 43.5 Å². The molecule has 14 nitrogen and oxygen atoms in total. The predicted octanol–water partition coefficient (Wildman–Crippen LogP) is 16.5. The van der Waals surface area contributed by atoms with Gasteiger partial charge < -0.3 is 65.1 Å². The fourth-order valence-electron chi connectivity index (χ4n) is 12.7. The highest BCUT2D eigenvalue weighted by molar-refractivity contribution is 5.76. The van der Waals surface area contributed by atoms with E-state index in [9.17, 15) is 45.6 Å². The number of aliphatic hydroxyl groups excluding tert-OH is 8. The number of ether oxygens (including phenoxy) is 4. The molecular weight excluding hydrogens is 1130 g/mol. The van der Waals surface area contributed by atoms with Gasteiger partial charge in [0.1, 0.15) is 48.8 Å². The lowest BCUT2D eigenvalue weighted by Gasteiger charge is -2.46. The summed E-state index contributed by atoms with van der Waals surface area (Å²) in [5.74, 6) is -0.246. The van der Waals surface area contributed by atoms with Crippen molar-refractivity contribution in [2.24, 2.45) is 0 Å². The Balaban J connectivity index is 1.67. The molecule has 14 heteroatoms. The first-order valence-corrected chi connectivity index (χ1v) is 38.2. The number of unbranched alkanes of at least 4 members (excludes halogenated alkanes) is 47. The van der Waals surface area contributed by atoms with E-state index < -0.39 is 86.8 Å². The largest absolute Gasteiger partial charge is 0.394 e. The molecule has 530 valence electrons. The van der Waals surface area contributed by atoms with Crippen LogP contribution in [0.25, 0.3) is 0 Å². The maximum Gasteiger partial charge on any atom is 0.220 e. The molecule has 0 aromatic rings. The van der Waals surface area contributed by atoms with Crippen LogP contribution in [0.1, 0.15) is 348 Å². The topological polar surface area (TPSA) is 228 Å². The van der Waals surface area contributed by atoms with Crippen molar-refractivity contribution in [3.05, 3.63) is 36.5 Å². The summed E-state index contributed by atoms with van der Waals surface area (Å²) in [5.41, 5.74) is 0. The molecule has 2 aliphatic rings. The minimum Gasteiger partial charge on any atom is -0.394 e. The van der Waals surface area contributed by atoms with Gasteiger partial charge in [-0.15, -0.1) is 0 Å². The quantitative estimate of drug-likeness (QED) is 0.0204. The first kappa shape index (κ1) is 84.3. The van der Waals surface area contributed by atoms with E-state index in [1.165, 1.54) is 270 Å². The summed E-state index contributed by atoms with van der Waals surface area (Å²) in [6.07, 6.45) is 62.3. The number of nitrogens with one attached hydrogen (secondary N) is 1. The molecule has 0 spiro atoms. The maximum absolute atomic E-state index is 13.3. The second-order valence-electron chi connectivity index (χ2n) is 27.1. The molecule has 0 saturated carbocycles. The van der Waals surface area contributed by atoms with E-state index in [0.717, 1.165) is 44.9 Å². The normalized spacial score (nSPS) is 23.0. The number of hydrogen-bond donors (Lipinski definition) is 9. The molecule has 90 heavy (non-hydrogen) atoms. The number of allylic oxidation sites excluding steroid dienone is 5. The molecule has 2 fully saturated rings. The molecular formula is C76H143NO13. The lowest BCUT2D eigenvalue weighted by Crippen LogP contribution is -2.65. The molecule has 2 aliphatic heterocycles. The van der Waals surface area contributed by atoms with Crippen molar-refractivity contribution in [1.82, 2.24) is 5.32 Å². The van der Waals surface area contributed by atoms with E-state index in [1.807, 2.05) is 6.08 Å². The zero-order valence-electron chi connectivity index (χ0n) is 57.9. The van der Waals surface area contributed by atoms with Gasteiger partial charge in [-0.25, -0.2) is 0 Å². The Morgan fingerprint density at radius 2 is 0.711 bits per heavy atom. The average Bonchev–Trinajstić information content (AvgIpc) is 1.29. The zero-order valence-corrected chi connectivity index (χ0v) is 57.9. The van der Waals surface area contributed by atoms with Crippen LogP contribution in [-0.2, 0) is 23.7 Å². The Bertz CT molecular complexity index is 1650. The number of carbonyl (C=O) groups is 1. The molecule has 2 heterocycles. The Kier molecular flexibility index (Phi) is 57.0. The summed E-state index contributed by atoms with van der Waals surface area (Å²) in [5, 5.41) is 87.5. The second kappa shape index (κ2) is 60.8. The molecule has 0 aromatic carbocycles. The Labute approximate surface area is 551 Å². The summed E-state index contributed by atoms with van der Waals surface area (Å²) in [4.78, 5) is 13.3. The van der Waals surface area contributed by atoms with E-state index in [-0.39, 0.29) is 18.9 Å². The molecule has 1 amide bonds. The minimum atomic E-state index is -1.79.